The number of carbonyl (C=O) groups is 2. The lowest BCUT2D eigenvalue weighted by Crippen LogP contribution is -2.49. The molecule has 1 aliphatic heterocycles. The van der Waals surface area contributed by atoms with E-state index in [1.54, 1.807) is 4.90 Å². The molecule has 1 aromatic heterocycles. The molecule has 1 aliphatic rings. The van der Waals surface area contributed by atoms with E-state index < -0.39 is 5.97 Å². The van der Waals surface area contributed by atoms with Gasteiger partial charge in [0.15, 0.2) is 0 Å². The first-order valence-electron chi connectivity index (χ1n) is 10.8. The fraction of sp³-hybridized carbons (Fsp3) is 0.542. The van der Waals surface area contributed by atoms with Gasteiger partial charge in [-0.2, -0.15) is 0 Å². The molecule has 2 aromatic rings. The number of ether oxygens (including phenoxy) is 1. The van der Waals surface area contributed by atoms with Crippen LogP contribution in [-0.2, 0) is 10.2 Å². The van der Waals surface area contributed by atoms with Crippen molar-refractivity contribution >= 4 is 17.6 Å². The summed E-state index contributed by atoms with van der Waals surface area (Å²) in [5, 5.41) is 3.73. The molecule has 1 amide bonds. The van der Waals surface area contributed by atoms with Crippen LogP contribution in [0, 0.1) is 5.41 Å². The van der Waals surface area contributed by atoms with Gasteiger partial charge in [-0.1, -0.05) is 59.7 Å². The third kappa shape index (κ3) is 5.87. The van der Waals surface area contributed by atoms with Crippen LogP contribution in [0.4, 0.5) is 5.69 Å². The largest absolute Gasteiger partial charge is 0.404 e. The van der Waals surface area contributed by atoms with Crippen molar-refractivity contribution in [3.63, 3.8) is 0 Å². The van der Waals surface area contributed by atoms with Crippen LogP contribution < -0.4 is 9.64 Å². The van der Waals surface area contributed by atoms with E-state index in [4.69, 9.17) is 9.26 Å². The molecule has 3 rings (SSSR count). The SMILES string of the molecule is CC(C)(C)CC(=O)Oc1cc(C(=O)N2CCN(c3ccccc3C(C)(C)C)CC2)on1. The maximum absolute atomic E-state index is 12.8. The van der Waals surface area contributed by atoms with Crippen molar-refractivity contribution in [3.05, 3.63) is 41.7 Å². The minimum Gasteiger partial charge on any atom is -0.404 e. The Morgan fingerprint density at radius 3 is 2.29 bits per heavy atom. The summed E-state index contributed by atoms with van der Waals surface area (Å²) in [6, 6.07) is 9.83. The molecule has 1 aromatic carbocycles. The number of anilines is 1. The van der Waals surface area contributed by atoms with Crippen molar-refractivity contribution < 1.29 is 18.8 Å². The number of carbonyl (C=O) groups excluding carboxylic acids is 2. The van der Waals surface area contributed by atoms with Gasteiger partial charge in [-0.05, 0) is 27.6 Å². The third-order valence-electron chi connectivity index (χ3n) is 5.21. The predicted octanol–water partition coefficient (Wildman–Crippen LogP) is 4.28. The molecule has 0 aliphatic carbocycles. The lowest BCUT2D eigenvalue weighted by Gasteiger charge is -2.38. The van der Waals surface area contributed by atoms with E-state index in [1.165, 1.54) is 17.3 Å². The Morgan fingerprint density at radius 1 is 1.03 bits per heavy atom. The third-order valence-corrected chi connectivity index (χ3v) is 5.21. The smallest absolute Gasteiger partial charge is 0.313 e. The van der Waals surface area contributed by atoms with Gasteiger partial charge in [0.25, 0.3) is 11.8 Å². The number of hydrogen-bond donors (Lipinski definition) is 0. The fourth-order valence-corrected chi connectivity index (χ4v) is 3.68. The summed E-state index contributed by atoms with van der Waals surface area (Å²) >= 11 is 0. The minimum atomic E-state index is -0.397. The second-order valence-electron chi connectivity index (χ2n) is 10.3. The normalized spacial score (nSPS) is 15.2. The summed E-state index contributed by atoms with van der Waals surface area (Å²) in [5.74, 6) is -0.530. The van der Waals surface area contributed by atoms with E-state index >= 15 is 0 Å². The molecule has 0 saturated carbocycles. The number of aromatic nitrogens is 1. The Bertz CT molecular complexity index is 929. The van der Waals surface area contributed by atoms with Crippen LogP contribution in [0.3, 0.4) is 0 Å². The molecule has 0 N–H and O–H groups in total. The molecule has 0 unspecified atom stereocenters. The van der Waals surface area contributed by atoms with Crippen LogP contribution in [0.15, 0.2) is 34.9 Å². The maximum atomic E-state index is 12.8. The molecule has 168 valence electrons. The highest BCUT2D eigenvalue weighted by atomic mass is 16.6. The van der Waals surface area contributed by atoms with Gasteiger partial charge in [0.05, 0.1) is 12.5 Å². The topological polar surface area (TPSA) is 75.9 Å². The van der Waals surface area contributed by atoms with Crippen LogP contribution in [0.1, 0.15) is 64.1 Å². The van der Waals surface area contributed by atoms with Gasteiger partial charge >= 0.3 is 5.97 Å². The molecule has 7 nitrogen and oxygen atoms in total. The van der Waals surface area contributed by atoms with Gasteiger partial charge < -0.3 is 19.1 Å². The molecule has 0 radical (unpaired) electrons. The highest BCUT2D eigenvalue weighted by Gasteiger charge is 2.28. The summed E-state index contributed by atoms with van der Waals surface area (Å²) in [6.07, 6.45) is 0.251. The summed E-state index contributed by atoms with van der Waals surface area (Å²) < 4.78 is 10.4. The van der Waals surface area contributed by atoms with E-state index in [9.17, 15) is 9.59 Å². The Morgan fingerprint density at radius 2 is 1.68 bits per heavy atom. The van der Waals surface area contributed by atoms with E-state index in [0.29, 0.717) is 13.1 Å². The number of benzene rings is 1. The van der Waals surface area contributed by atoms with E-state index in [2.05, 4.69) is 55.1 Å². The highest BCUT2D eigenvalue weighted by molar-refractivity contribution is 5.92. The molecule has 7 heteroatoms. The number of esters is 1. The maximum Gasteiger partial charge on any atom is 0.313 e. The first kappa shape index (κ1) is 22.8. The van der Waals surface area contributed by atoms with Gasteiger partial charge in [-0.15, -0.1) is 0 Å². The molecular weight excluding hydrogens is 394 g/mol. The van der Waals surface area contributed by atoms with Crippen molar-refractivity contribution in [1.29, 1.82) is 0 Å². The van der Waals surface area contributed by atoms with Crippen LogP contribution in [0.25, 0.3) is 0 Å². The van der Waals surface area contributed by atoms with E-state index in [0.717, 1.165) is 13.1 Å². The molecule has 1 saturated heterocycles. The standard InChI is InChI=1S/C24H33N3O4/c1-23(2,3)16-21(28)30-20-15-19(31-25-20)22(29)27-13-11-26(12-14-27)18-10-8-7-9-17(18)24(4,5)6/h7-10,15H,11-14,16H2,1-6H3. The first-order valence-corrected chi connectivity index (χ1v) is 10.8. The number of hydrogen-bond acceptors (Lipinski definition) is 6. The molecule has 0 spiro atoms. The van der Waals surface area contributed by atoms with Crippen LogP contribution >= 0.6 is 0 Å². The van der Waals surface area contributed by atoms with Crippen molar-refractivity contribution in [3.8, 4) is 5.88 Å². The summed E-state index contributed by atoms with van der Waals surface area (Å²) in [5.41, 5.74) is 2.37. The van der Waals surface area contributed by atoms with Crippen LogP contribution in [0.2, 0.25) is 0 Å². The van der Waals surface area contributed by atoms with Gasteiger partial charge in [0, 0.05) is 31.9 Å². The number of piperazine rings is 1. The van der Waals surface area contributed by atoms with Crippen molar-refractivity contribution in [2.75, 3.05) is 31.1 Å². The molecule has 0 bridgehead atoms. The Labute approximate surface area is 184 Å². The van der Waals surface area contributed by atoms with Gasteiger partial charge in [-0.3, -0.25) is 9.59 Å². The molecule has 1 fully saturated rings. The van der Waals surface area contributed by atoms with Gasteiger partial charge in [0.2, 0.25) is 5.76 Å². The second kappa shape index (κ2) is 8.73. The number of amides is 1. The zero-order valence-electron chi connectivity index (χ0n) is 19.4. The van der Waals surface area contributed by atoms with Crippen LogP contribution in [-0.4, -0.2) is 48.1 Å². The number of nitrogens with zero attached hydrogens (tertiary/aromatic N) is 3. The molecule has 2 heterocycles. The van der Waals surface area contributed by atoms with Crippen molar-refractivity contribution in [2.24, 2.45) is 5.41 Å². The fourth-order valence-electron chi connectivity index (χ4n) is 3.68. The average molecular weight is 428 g/mol. The Balaban J connectivity index is 1.60. The highest BCUT2D eigenvalue weighted by Crippen LogP contribution is 2.32. The summed E-state index contributed by atoms with van der Waals surface area (Å²) in [6.45, 7) is 15.1. The van der Waals surface area contributed by atoms with E-state index in [-0.39, 0.29) is 34.8 Å². The predicted molar refractivity (Wildman–Crippen MR) is 119 cm³/mol. The molecule has 31 heavy (non-hydrogen) atoms. The minimum absolute atomic E-state index is 0.0235. The van der Waals surface area contributed by atoms with Crippen LogP contribution in [0.5, 0.6) is 5.88 Å². The monoisotopic (exact) mass is 427 g/mol. The van der Waals surface area contributed by atoms with Gasteiger partial charge in [-0.25, -0.2) is 0 Å². The number of rotatable bonds is 4. The molecule has 0 atom stereocenters. The first-order chi connectivity index (χ1) is 14.4. The quantitative estimate of drug-likeness (QED) is 0.678. The van der Waals surface area contributed by atoms with Crippen molar-refractivity contribution in [1.82, 2.24) is 10.1 Å². The number of para-hydroxylation sites is 1. The lowest BCUT2D eigenvalue weighted by molar-refractivity contribution is -0.136. The zero-order valence-corrected chi connectivity index (χ0v) is 19.4. The van der Waals surface area contributed by atoms with Gasteiger partial charge in [0.1, 0.15) is 0 Å². The zero-order chi connectivity index (χ0) is 22.8. The van der Waals surface area contributed by atoms with Crippen molar-refractivity contribution in [2.45, 2.75) is 53.4 Å². The Hall–Kier alpha value is -2.83. The lowest BCUT2D eigenvalue weighted by atomic mass is 9.85. The molecular formula is C24H33N3O4. The Kier molecular flexibility index (Phi) is 6.43. The summed E-state index contributed by atoms with van der Waals surface area (Å²) in [7, 11) is 0. The average Bonchev–Trinajstić information content (AvgIpc) is 3.13. The summed E-state index contributed by atoms with van der Waals surface area (Å²) in [4.78, 5) is 28.9. The van der Waals surface area contributed by atoms with E-state index in [1.807, 2.05) is 20.8 Å². The second-order valence-corrected chi connectivity index (χ2v) is 10.3.